The first-order valence-electron chi connectivity index (χ1n) is 6.35. The summed E-state index contributed by atoms with van der Waals surface area (Å²) in [6, 6.07) is 8.69. The van der Waals surface area contributed by atoms with Crippen LogP contribution in [0.15, 0.2) is 24.3 Å². The molecule has 2 atom stereocenters. The molecule has 0 aromatic heterocycles. The Morgan fingerprint density at radius 2 is 2.24 bits per heavy atom. The van der Waals surface area contributed by atoms with Crippen LogP contribution in [-0.2, 0) is 11.2 Å². The number of benzene rings is 1. The van der Waals surface area contributed by atoms with Crippen LogP contribution in [0.3, 0.4) is 0 Å². The fraction of sp³-hybridized carbons (Fsp3) is 0.571. The lowest BCUT2D eigenvalue weighted by Crippen LogP contribution is -2.47. The predicted octanol–water partition coefficient (Wildman–Crippen LogP) is 1.92. The predicted molar refractivity (Wildman–Crippen MR) is 71.0 cm³/mol. The summed E-state index contributed by atoms with van der Waals surface area (Å²) in [5.41, 5.74) is 7.95. The van der Waals surface area contributed by atoms with E-state index >= 15 is 0 Å². The first-order valence-corrected chi connectivity index (χ1v) is 6.35. The van der Waals surface area contributed by atoms with Gasteiger partial charge in [-0.2, -0.15) is 0 Å². The van der Waals surface area contributed by atoms with E-state index in [1.807, 2.05) is 12.1 Å². The van der Waals surface area contributed by atoms with Crippen molar-refractivity contribution in [1.82, 2.24) is 4.90 Å². The standard InChI is InChI=1S/C14H22N2O/c1-11-10-17-12(2)9-16(11)7-6-13-4-3-5-14(15)8-13/h3-5,8,11-12H,6-7,9-10,15H2,1-2H3. The van der Waals surface area contributed by atoms with E-state index in [1.165, 1.54) is 5.56 Å². The molecule has 1 aliphatic rings. The fourth-order valence-electron chi connectivity index (χ4n) is 2.30. The van der Waals surface area contributed by atoms with Crippen LogP contribution in [0.5, 0.6) is 0 Å². The van der Waals surface area contributed by atoms with Crippen LogP contribution >= 0.6 is 0 Å². The molecule has 1 fully saturated rings. The van der Waals surface area contributed by atoms with Gasteiger partial charge in [0.1, 0.15) is 0 Å². The van der Waals surface area contributed by atoms with Crippen LogP contribution in [0.2, 0.25) is 0 Å². The molecule has 94 valence electrons. The number of ether oxygens (including phenoxy) is 1. The SMILES string of the molecule is CC1CN(CCc2cccc(N)c2)C(C)CO1. The van der Waals surface area contributed by atoms with Crippen molar-refractivity contribution in [3.05, 3.63) is 29.8 Å². The molecule has 2 unspecified atom stereocenters. The number of nitrogen functional groups attached to an aromatic ring is 1. The van der Waals surface area contributed by atoms with Gasteiger partial charge in [-0.05, 0) is 38.0 Å². The third kappa shape index (κ3) is 3.45. The zero-order valence-electron chi connectivity index (χ0n) is 10.7. The van der Waals surface area contributed by atoms with Crippen LogP contribution in [0, 0.1) is 0 Å². The van der Waals surface area contributed by atoms with Crippen LogP contribution in [0.25, 0.3) is 0 Å². The lowest BCUT2D eigenvalue weighted by Gasteiger charge is -2.36. The Morgan fingerprint density at radius 1 is 1.41 bits per heavy atom. The molecule has 3 heteroatoms. The molecule has 0 aliphatic carbocycles. The highest BCUT2D eigenvalue weighted by molar-refractivity contribution is 5.40. The van der Waals surface area contributed by atoms with Crippen molar-refractivity contribution in [2.75, 3.05) is 25.4 Å². The normalized spacial score (nSPS) is 26.0. The molecule has 1 aromatic carbocycles. The average molecular weight is 234 g/mol. The maximum absolute atomic E-state index is 5.78. The summed E-state index contributed by atoms with van der Waals surface area (Å²) in [6.07, 6.45) is 1.41. The highest BCUT2D eigenvalue weighted by atomic mass is 16.5. The Hall–Kier alpha value is -1.06. The molecule has 3 nitrogen and oxygen atoms in total. The first kappa shape index (κ1) is 12.4. The van der Waals surface area contributed by atoms with E-state index in [2.05, 4.69) is 30.9 Å². The number of hydrogen-bond acceptors (Lipinski definition) is 3. The maximum atomic E-state index is 5.78. The third-order valence-electron chi connectivity index (χ3n) is 3.38. The van der Waals surface area contributed by atoms with Crippen LogP contribution in [0.1, 0.15) is 19.4 Å². The highest BCUT2D eigenvalue weighted by Gasteiger charge is 2.22. The quantitative estimate of drug-likeness (QED) is 0.812. The second-order valence-electron chi connectivity index (χ2n) is 4.98. The fourth-order valence-corrected chi connectivity index (χ4v) is 2.30. The molecular formula is C14H22N2O. The van der Waals surface area contributed by atoms with E-state index < -0.39 is 0 Å². The van der Waals surface area contributed by atoms with Gasteiger partial charge in [0.05, 0.1) is 12.7 Å². The minimum atomic E-state index is 0.354. The summed E-state index contributed by atoms with van der Waals surface area (Å²) in [6.45, 7) is 7.32. The Balaban J connectivity index is 1.88. The maximum Gasteiger partial charge on any atom is 0.0674 e. The van der Waals surface area contributed by atoms with E-state index in [0.29, 0.717) is 12.1 Å². The van der Waals surface area contributed by atoms with Gasteiger partial charge in [-0.1, -0.05) is 12.1 Å². The van der Waals surface area contributed by atoms with Gasteiger partial charge >= 0.3 is 0 Å². The summed E-state index contributed by atoms with van der Waals surface area (Å²) in [7, 11) is 0. The molecule has 0 amide bonds. The summed E-state index contributed by atoms with van der Waals surface area (Å²) < 4.78 is 5.63. The zero-order chi connectivity index (χ0) is 12.3. The Bertz CT molecular complexity index is 367. The molecular weight excluding hydrogens is 212 g/mol. The smallest absolute Gasteiger partial charge is 0.0674 e. The monoisotopic (exact) mass is 234 g/mol. The highest BCUT2D eigenvalue weighted by Crippen LogP contribution is 2.13. The molecule has 1 aliphatic heterocycles. The average Bonchev–Trinajstić information content (AvgIpc) is 2.30. The van der Waals surface area contributed by atoms with Crippen molar-refractivity contribution in [2.24, 2.45) is 0 Å². The Labute approximate surface area is 104 Å². The topological polar surface area (TPSA) is 38.5 Å². The molecule has 0 spiro atoms. The minimum absolute atomic E-state index is 0.354. The van der Waals surface area contributed by atoms with E-state index in [-0.39, 0.29) is 0 Å². The Kier molecular flexibility index (Phi) is 4.02. The van der Waals surface area contributed by atoms with Crippen molar-refractivity contribution < 1.29 is 4.74 Å². The zero-order valence-corrected chi connectivity index (χ0v) is 10.7. The van der Waals surface area contributed by atoms with E-state index in [1.54, 1.807) is 0 Å². The van der Waals surface area contributed by atoms with Gasteiger partial charge in [-0.25, -0.2) is 0 Å². The second-order valence-corrected chi connectivity index (χ2v) is 4.98. The van der Waals surface area contributed by atoms with Crippen molar-refractivity contribution in [3.8, 4) is 0 Å². The van der Waals surface area contributed by atoms with Crippen molar-refractivity contribution in [3.63, 3.8) is 0 Å². The van der Waals surface area contributed by atoms with Gasteiger partial charge in [0.15, 0.2) is 0 Å². The number of morpholine rings is 1. The Morgan fingerprint density at radius 3 is 3.00 bits per heavy atom. The first-order chi connectivity index (χ1) is 8.15. The van der Waals surface area contributed by atoms with Crippen molar-refractivity contribution in [2.45, 2.75) is 32.4 Å². The molecule has 0 saturated carbocycles. The third-order valence-corrected chi connectivity index (χ3v) is 3.38. The molecule has 17 heavy (non-hydrogen) atoms. The van der Waals surface area contributed by atoms with E-state index in [0.717, 1.165) is 31.8 Å². The van der Waals surface area contributed by atoms with Gasteiger partial charge in [0.25, 0.3) is 0 Å². The summed E-state index contributed by atoms with van der Waals surface area (Å²) in [5, 5.41) is 0. The number of nitrogens with zero attached hydrogens (tertiary/aromatic N) is 1. The van der Waals surface area contributed by atoms with Crippen molar-refractivity contribution in [1.29, 1.82) is 0 Å². The summed E-state index contributed by atoms with van der Waals surface area (Å²) in [5.74, 6) is 0. The van der Waals surface area contributed by atoms with E-state index in [4.69, 9.17) is 10.5 Å². The number of nitrogens with two attached hydrogens (primary N) is 1. The van der Waals surface area contributed by atoms with Gasteiger partial charge in [-0.15, -0.1) is 0 Å². The minimum Gasteiger partial charge on any atom is -0.399 e. The molecule has 2 N–H and O–H groups in total. The molecule has 2 rings (SSSR count). The van der Waals surface area contributed by atoms with Crippen LogP contribution in [-0.4, -0.2) is 36.7 Å². The lowest BCUT2D eigenvalue weighted by molar-refractivity contribution is -0.0487. The largest absolute Gasteiger partial charge is 0.399 e. The van der Waals surface area contributed by atoms with Crippen LogP contribution < -0.4 is 5.73 Å². The van der Waals surface area contributed by atoms with Gasteiger partial charge in [0.2, 0.25) is 0 Å². The summed E-state index contributed by atoms with van der Waals surface area (Å²) in [4.78, 5) is 2.50. The molecule has 1 aromatic rings. The second kappa shape index (κ2) is 5.52. The molecule has 1 saturated heterocycles. The lowest BCUT2D eigenvalue weighted by atomic mass is 10.1. The number of anilines is 1. The van der Waals surface area contributed by atoms with Gasteiger partial charge < -0.3 is 10.5 Å². The summed E-state index contributed by atoms with van der Waals surface area (Å²) >= 11 is 0. The van der Waals surface area contributed by atoms with E-state index in [9.17, 15) is 0 Å². The molecule has 1 heterocycles. The number of hydrogen-bond donors (Lipinski definition) is 1. The van der Waals surface area contributed by atoms with Crippen LogP contribution in [0.4, 0.5) is 5.69 Å². The van der Waals surface area contributed by atoms with Gasteiger partial charge in [-0.3, -0.25) is 4.90 Å². The van der Waals surface area contributed by atoms with Crippen molar-refractivity contribution >= 4 is 5.69 Å². The molecule has 0 radical (unpaired) electrons. The number of rotatable bonds is 3. The molecule has 0 bridgehead atoms. The van der Waals surface area contributed by atoms with Gasteiger partial charge in [0, 0.05) is 24.8 Å².